The Balaban J connectivity index is 2.29. The standard InChI is InChI=1S/C17H16BrNO4/c1-9-15(10(2)19-16(9)17(21)22)13(20)6-4-11-5-7-14(23-3)12(18)8-11/h4-8,19H,1-3H3,(H,21,22)/p-1/b6-4+. The van der Waals surface area contributed by atoms with Gasteiger partial charge in [-0.1, -0.05) is 12.1 Å². The zero-order valence-electron chi connectivity index (χ0n) is 12.9. The summed E-state index contributed by atoms with van der Waals surface area (Å²) in [5.74, 6) is -0.896. The molecule has 0 saturated heterocycles. The molecule has 0 aliphatic heterocycles. The molecule has 120 valence electrons. The number of methoxy groups -OCH3 is 1. The van der Waals surface area contributed by atoms with Gasteiger partial charge in [-0.15, -0.1) is 0 Å². The monoisotopic (exact) mass is 376 g/mol. The van der Waals surface area contributed by atoms with Gasteiger partial charge in [-0.25, -0.2) is 0 Å². The number of nitrogens with one attached hydrogen (secondary N) is 1. The highest BCUT2D eigenvalue weighted by molar-refractivity contribution is 9.10. The molecule has 2 rings (SSSR count). The first-order valence-corrected chi connectivity index (χ1v) is 7.61. The van der Waals surface area contributed by atoms with Crippen LogP contribution in [0.3, 0.4) is 0 Å². The van der Waals surface area contributed by atoms with Crippen molar-refractivity contribution in [2.45, 2.75) is 13.8 Å². The highest BCUT2D eigenvalue weighted by Gasteiger charge is 2.16. The van der Waals surface area contributed by atoms with Gasteiger partial charge in [-0.2, -0.15) is 0 Å². The molecule has 1 aromatic carbocycles. The molecular weight excluding hydrogens is 362 g/mol. The van der Waals surface area contributed by atoms with Crippen molar-refractivity contribution >= 4 is 33.8 Å². The summed E-state index contributed by atoms with van der Waals surface area (Å²) in [7, 11) is 1.57. The maximum absolute atomic E-state index is 12.3. The fourth-order valence-electron chi connectivity index (χ4n) is 2.37. The molecule has 1 aromatic heterocycles. The number of hydrogen-bond donors (Lipinski definition) is 1. The van der Waals surface area contributed by atoms with Crippen molar-refractivity contribution < 1.29 is 19.4 Å². The number of allylic oxidation sites excluding steroid dienone is 1. The van der Waals surface area contributed by atoms with Crippen LogP contribution in [-0.4, -0.2) is 23.8 Å². The number of ketones is 1. The summed E-state index contributed by atoms with van der Waals surface area (Å²) in [6.45, 7) is 3.24. The summed E-state index contributed by atoms with van der Waals surface area (Å²) in [6.07, 6.45) is 3.08. The molecule has 0 unspecified atom stereocenters. The Hall–Kier alpha value is -2.34. The molecule has 23 heavy (non-hydrogen) atoms. The van der Waals surface area contributed by atoms with E-state index in [-0.39, 0.29) is 11.5 Å². The number of carbonyl (C=O) groups is 2. The third kappa shape index (κ3) is 3.53. The van der Waals surface area contributed by atoms with Crippen molar-refractivity contribution in [3.05, 3.63) is 56.8 Å². The van der Waals surface area contributed by atoms with Crippen LogP contribution in [0.1, 0.15) is 37.7 Å². The van der Waals surface area contributed by atoms with Crippen molar-refractivity contribution in [3.63, 3.8) is 0 Å². The molecule has 0 atom stereocenters. The third-order valence-corrected chi connectivity index (χ3v) is 4.11. The van der Waals surface area contributed by atoms with Gasteiger partial charge < -0.3 is 19.6 Å². The number of aryl methyl sites for hydroxylation is 1. The molecule has 1 N–H and O–H groups in total. The predicted octanol–water partition coefficient (Wildman–Crippen LogP) is 2.66. The Kier molecular flexibility index (Phi) is 5.05. The summed E-state index contributed by atoms with van der Waals surface area (Å²) in [5.41, 5.74) is 2.00. The number of hydrogen-bond acceptors (Lipinski definition) is 4. The van der Waals surface area contributed by atoms with Gasteiger partial charge >= 0.3 is 0 Å². The lowest BCUT2D eigenvalue weighted by molar-refractivity contribution is -0.255. The summed E-state index contributed by atoms with van der Waals surface area (Å²) >= 11 is 3.38. The quantitative estimate of drug-likeness (QED) is 0.642. The highest BCUT2D eigenvalue weighted by atomic mass is 79.9. The Morgan fingerprint density at radius 1 is 1.30 bits per heavy atom. The number of aromatic nitrogens is 1. The second-order valence-corrected chi connectivity index (χ2v) is 5.86. The normalized spacial score (nSPS) is 11.0. The largest absolute Gasteiger partial charge is 0.543 e. The Bertz CT molecular complexity index is 805. The van der Waals surface area contributed by atoms with E-state index in [1.54, 1.807) is 33.1 Å². The van der Waals surface area contributed by atoms with E-state index >= 15 is 0 Å². The molecular formula is C17H15BrNO4-. The molecule has 0 amide bonds. The van der Waals surface area contributed by atoms with Gasteiger partial charge in [0.25, 0.3) is 0 Å². The molecule has 0 fully saturated rings. The van der Waals surface area contributed by atoms with Crippen LogP contribution in [0.25, 0.3) is 6.08 Å². The zero-order chi connectivity index (χ0) is 17.1. The van der Waals surface area contributed by atoms with Gasteiger partial charge in [0.15, 0.2) is 5.78 Å². The van der Waals surface area contributed by atoms with Crippen LogP contribution >= 0.6 is 15.9 Å². The van der Waals surface area contributed by atoms with E-state index in [4.69, 9.17) is 4.74 Å². The molecule has 0 saturated carbocycles. The zero-order valence-corrected chi connectivity index (χ0v) is 14.5. The molecule has 5 nitrogen and oxygen atoms in total. The SMILES string of the molecule is COc1ccc(/C=C/C(=O)c2c(C)[nH]c(C(=O)[O-])c2C)cc1Br. The van der Waals surface area contributed by atoms with Crippen LogP contribution in [0.15, 0.2) is 28.7 Å². The first-order valence-electron chi connectivity index (χ1n) is 6.81. The van der Waals surface area contributed by atoms with Crippen molar-refractivity contribution in [1.82, 2.24) is 4.98 Å². The molecule has 0 radical (unpaired) electrons. The lowest BCUT2D eigenvalue weighted by atomic mass is 10.0. The van der Waals surface area contributed by atoms with Gasteiger partial charge in [0.05, 0.1) is 23.2 Å². The number of halogens is 1. The summed E-state index contributed by atoms with van der Waals surface area (Å²) < 4.78 is 5.93. The summed E-state index contributed by atoms with van der Waals surface area (Å²) in [4.78, 5) is 26.0. The van der Waals surface area contributed by atoms with Crippen LogP contribution in [0.5, 0.6) is 5.75 Å². The Labute approximate surface area is 142 Å². The van der Waals surface area contributed by atoms with Crippen molar-refractivity contribution in [1.29, 1.82) is 0 Å². The van der Waals surface area contributed by atoms with Gasteiger partial charge in [0.2, 0.25) is 0 Å². The van der Waals surface area contributed by atoms with Crippen LogP contribution in [0, 0.1) is 13.8 Å². The van der Waals surface area contributed by atoms with Gasteiger partial charge in [-0.05, 0) is 59.1 Å². The number of benzene rings is 1. The average molecular weight is 377 g/mol. The molecule has 1 heterocycles. The predicted molar refractivity (Wildman–Crippen MR) is 88.7 cm³/mol. The van der Waals surface area contributed by atoms with Gasteiger partial charge in [0, 0.05) is 11.3 Å². The van der Waals surface area contributed by atoms with Gasteiger partial charge in [-0.3, -0.25) is 4.79 Å². The maximum atomic E-state index is 12.3. The maximum Gasteiger partial charge on any atom is 0.187 e. The van der Waals surface area contributed by atoms with Crippen molar-refractivity contribution in [2.75, 3.05) is 7.11 Å². The number of H-pyrrole nitrogens is 1. The van der Waals surface area contributed by atoms with Crippen LogP contribution in [0.2, 0.25) is 0 Å². The minimum Gasteiger partial charge on any atom is -0.543 e. The summed E-state index contributed by atoms with van der Waals surface area (Å²) in [5, 5.41) is 11.0. The van der Waals surface area contributed by atoms with E-state index in [0.717, 1.165) is 10.0 Å². The number of carboxylic acid groups (broad SMARTS) is 1. The number of rotatable bonds is 5. The van der Waals surface area contributed by atoms with E-state index in [1.807, 2.05) is 12.1 Å². The minimum absolute atomic E-state index is 0.0635. The van der Waals surface area contributed by atoms with Crippen LogP contribution in [0.4, 0.5) is 0 Å². The molecule has 6 heteroatoms. The topological polar surface area (TPSA) is 82.2 Å². The van der Waals surface area contributed by atoms with Crippen molar-refractivity contribution in [2.24, 2.45) is 0 Å². The fourth-order valence-corrected chi connectivity index (χ4v) is 2.92. The van der Waals surface area contributed by atoms with E-state index in [2.05, 4.69) is 20.9 Å². The average Bonchev–Trinajstić information content (AvgIpc) is 2.80. The third-order valence-electron chi connectivity index (χ3n) is 3.49. The molecule has 2 aromatic rings. The van der Waals surface area contributed by atoms with Crippen LogP contribution < -0.4 is 9.84 Å². The highest BCUT2D eigenvalue weighted by Crippen LogP contribution is 2.26. The number of carboxylic acids is 1. The first-order chi connectivity index (χ1) is 10.8. The smallest absolute Gasteiger partial charge is 0.187 e. The van der Waals surface area contributed by atoms with E-state index in [9.17, 15) is 14.7 Å². The second-order valence-electron chi connectivity index (χ2n) is 5.00. The second kappa shape index (κ2) is 6.83. The Morgan fingerprint density at radius 2 is 2.00 bits per heavy atom. The molecule has 0 aliphatic rings. The molecule has 0 aliphatic carbocycles. The Morgan fingerprint density at radius 3 is 2.52 bits per heavy atom. The number of aromatic carboxylic acids is 1. The fraction of sp³-hybridized carbons (Fsp3) is 0.176. The van der Waals surface area contributed by atoms with Gasteiger partial charge in [0.1, 0.15) is 5.75 Å². The van der Waals surface area contributed by atoms with E-state index in [1.165, 1.54) is 6.08 Å². The summed E-state index contributed by atoms with van der Waals surface area (Å²) in [6, 6.07) is 5.43. The minimum atomic E-state index is -1.33. The number of carbonyl (C=O) groups excluding carboxylic acids is 2. The molecule has 0 bridgehead atoms. The van der Waals surface area contributed by atoms with E-state index < -0.39 is 5.97 Å². The lowest BCUT2D eigenvalue weighted by Crippen LogP contribution is -2.23. The molecule has 0 spiro atoms. The van der Waals surface area contributed by atoms with E-state index in [0.29, 0.717) is 22.6 Å². The number of ether oxygens (including phenoxy) is 1. The lowest BCUT2D eigenvalue weighted by Gasteiger charge is -2.03. The van der Waals surface area contributed by atoms with Crippen LogP contribution in [-0.2, 0) is 0 Å². The first kappa shape index (κ1) is 17.0. The van der Waals surface area contributed by atoms with Crippen molar-refractivity contribution in [3.8, 4) is 5.75 Å². The number of aromatic amines is 1.